The first-order valence-electron chi connectivity index (χ1n) is 6.50. The summed E-state index contributed by atoms with van der Waals surface area (Å²) in [4.78, 5) is 4.26. The van der Waals surface area contributed by atoms with Crippen LogP contribution in [0.3, 0.4) is 0 Å². The number of rotatable bonds is 9. The molecule has 0 unspecified atom stereocenters. The zero-order chi connectivity index (χ0) is 12.3. The Kier molecular flexibility index (Phi) is 7.60. The molecule has 3 heteroatoms. The van der Waals surface area contributed by atoms with Gasteiger partial charge >= 0.3 is 0 Å². The van der Waals surface area contributed by atoms with Gasteiger partial charge in [0.2, 0.25) is 0 Å². The smallest absolute Gasteiger partial charge is 0.0521 e. The molecule has 0 aliphatic carbocycles. The van der Waals surface area contributed by atoms with Crippen molar-refractivity contribution in [3.8, 4) is 0 Å². The minimum Gasteiger partial charge on any atom is -0.381 e. The lowest BCUT2D eigenvalue weighted by atomic mass is 10.3. The van der Waals surface area contributed by atoms with Gasteiger partial charge in [0.25, 0.3) is 0 Å². The van der Waals surface area contributed by atoms with Crippen LogP contribution in [0.1, 0.15) is 32.4 Å². The highest BCUT2D eigenvalue weighted by molar-refractivity contribution is 5.03. The van der Waals surface area contributed by atoms with Crippen LogP contribution in [0.2, 0.25) is 0 Å². The van der Waals surface area contributed by atoms with Gasteiger partial charge in [-0.2, -0.15) is 0 Å². The van der Waals surface area contributed by atoms with Crippen LogP contribution in [0.15, 0.2) is 24.4 Å². The van der Waals surface area contributed by atoms with E-state index in [0.29, 0.717) is 6.04 Å². The second-order valence-corrected chi connectivity index (χ2v) is 4.50. The van der Waals surface area contributed by atoms with Crippen molar-refractivity contribution in [3.63, 3.8) is 0 Å². The van der Waals surface area contributed by atoms with Crippen LogP contribution in [0.5, 0.6) is 0 Å². The lowest BCUT2D eigenvalue weighted by Crippen LogP contribution is -2.23. The average molecular weight is 236 g/mol. The van der Waals surface area contributed by atoms with Crippen LogP contribution in [0.25, 0.3) is 0 Å². The molecule has 1 rings (SSSR count). The SMILES string of the molecule is CC(C)NCCCCOCCc1ccccn1. The van der Waals surface area contributed by atoms with Crippen molar-refractivity contribution >= 4 is 0 Å². The lowest BCUT2D eigenvalue weighted by Gasteiger charge is -2.07. The van der Waals surface area contributed by atoms with E-state index in [0.717, 1.165) is 38.3 Å². The van der Waals surface area contributed by atoms with Crippen molar-refractivity contribution in [2.75, 3.05) is 19.8 Å². The second-order valence-electron chi connectivity index (χ2n) is 4.50. The molecule has 0 aliphatic heterocycles. The van der Waals surface area contributed by atoms with Gasteiger partial charge in [0, 0.05) is 31.0 Å². The maximum Gasteiger partial charge on any atom is 0.0521 e. The van der Waals surface area contributed by atoms with E-state index in [4.69, 9.17) is 4.74 Å². The van der Waals surface area contributed by atoms with Gasteiger partial charge in [-0.15, -0.1) is 0 Å². The molecule has 1 aromatic rings. The van der Waals surface area contributed by atoms with Crippen molar-refractivity contribution in [2.45, 2.75) is 39.2 Å². The number of nitrogens with zero attached hydrogens (tertiary/aromatic N) is 1. The van der Waals surface area contributed by atoms with Gasteiger partial charge in [-0.1, -0.05) is 19.9 Å². The summed E-state index contributed by atoms with van der Waals surface area (Å²) >= 11 is 0. The van der Waals surface area contributed by atoms with Crippen LogP contribution in [-0.4, -0.2) is 30.8 Å². The number of nitrogens with one attached hydrogen (secondary N) is 1. The molecule has 0 aliphatic rings. The van der Waals surface area contributed by atoms with Crippen molar-refractivity contribution in [3.05, 3.63) is 30.1 Å². The molecule has 1 heterocycles. The molecule has 1 N–H and O–H groups in total. The summed E-state index contributed by atoms with van der Waals surface area (Å²) in [7, 11) is 0. The van der Waals surface area contributed by atoms with Gasteiger partial charge in [-0.3, -0.25) is 4.98 Å². The van der Waals surface area contributed by atoms with E-state index in [1.165, 1.54) is 6.42 Å². The monoisotopic (exact) mass is 236 g/mol. The largest absolute Gasteiger partial charge is 0.381 e. The van der Waals surface area contributed by atoms with Gasteiger partial charge in [0.15, 0.2) is 0 Å². The summed E-state index contributed by atoms with van der Waals surface area (Å²) in [5.74, 6) is 0. The third kappa shape index (κ3) is 7.88. The molecule has 96 valence electrons. The molecule has 3 nitrogen and oxygen atoms in total. The highest BCUT2D eigenvalue weighted by atomic mass is 16.5. The topological polar surface area (TPSA) is 34.1 Å². The van der Waals surface area contributed by atoms with E-state index in [-0.39, 0.29) is 0 Å². The highest BCUT2D eigenvalue weighted by Gasteiger charge is 1.95. The first-order valence-corrected chi connectivity index (χ1v) is 6.50. The molecular formula is C14H24N2O. The Morgan fingerprint density at radius 3 is 2.82 bits per heavy atom. The normalized spacial score (nSPS) is 11.0. The number of pyridine rings is 1. The molecule has 0 radical (unpaired) electrons. The first kappa shape index (κ1) is 14.1. The molecule has 0 fully saturated rings. The van der Waals surface area contributed by atoms with Gasteiger partial charge in [0.05, 0.1) is 6.61 Å². The summed E-state index contributed by atoms with van der Waals surface area (Å²) in [6, 6.07) is 6.57. The zero-order valence-corrected chi connectivity index (χ0v) is 11.0. The minimum absolute atomic E-state index is 0.583. The van der Waals surface area contributed by atoms with Crippen LogP contribution >= 0.6 is 0 Å². The van der Waals surface area contributed by atoms with E-state index >= 15 is 0 Å². The molecule has 1 aromatic heterocycles. The lowest BCUT2D eigenvalue weighted by molar-refractivity contribution is 0.132. The number of hydrogen-bond donors (Lipinski definition) is 1. The Hall–Kier alpha value is -0.930. The summed E-state index contributed by atoms with van der Waals surface area (Å²) in [5.41, 5.74) is 1.11. The van der Waals surface area contributed by atoms with Gasteiger partial charge in [-0.05, 0) is 31.5 Å². The Labute approximate surface area is 105 Å². The zero-order valence-electron chi connectivity index (χ0n) is 11.0. The molecule has 0 aromatic carbocycles. The number of ether oxygens (including phenoxy) is 1. The van der Waals surface area contributed by atoms with E-state index < -0.39 is 0 Å². The van der Waals surface area contributed by atoms with Crippen LogP contribution < -0.4 is 5.32 Å². The average Bonchev–Trinajstić information content (AvgIpc) is 2.33. The maximum absolute atomic E-state index is 5.58. The highest BCUT2D eigenvalue weighted by Crippen LogP contribution is 1.96. The van der Waals surface area contributed by atoms with Crippen LogP contribution in [0, 0.1) is 0 Å². The fourth-order valence-corrected chi connectivity index (χ4v) is 1.54. The van der Waals surface area contributed by atoms with Crippen LogP contribution in [0.4, 0.5) is 0 Å². The molecule has 0 amide bonds. The van der Waals surface area contributed by atoms with E-state index in [9.17, 15) is 0 Å². The van der Waals surface area contributed by atoms with E-state index in [1.54, 1.807) is 0 Å². The van der Waals surface area contributed by atoms with Crippen molar-refractivity contribution in [1.82, 2.24) is 10.3 Å². The quantitative estimate of drug-likeness (QED) is 0.669. The summed E-state index contributed by atoms with van der Waals surface area (Å²) in [6.45, 7) is 7.05. The molecule has 0 saturated heterocycles. The summed E-state index contributed by atoms with van der Waals surface area (Å²) in [5, 5.41) is 3.40. The van der Waals surface area contributed by atoms with Gasteiger partial charge in [0.1, 0.15) is 0 Å². The van der Waals surface area contributed by atoms with E-state index in [2.05, 4.69) is 24.1 Å². The van der Waals surface area contributed by atoms with Crippen molar-refractivity contribution in [2.24, 2.45) is 0 Å². The number of aromatic nitrogens is 1. The molecule has 0 saturated carbocycles. The van der Waals surface area contributed by atoms with Gasteiger partial charge < -0.3 is 10.1 Å². The third-order valence-electron chi connectivity index (χ3n) is 2.50. The number of hydrogen-bond acceptors (Lipinski definition) is 3. The Morgan fingerprint density at radius 2 is 2.12 bits per heavy atom. The molecule has 0 atom stereocenters. The minimum atomic E-state index is 0.583. The fourth-order valence-electron chi connectivity index (χ4n) is 1.54. The number of unbranched alkanes of at least 4 members (excludes halogenated alkanes) is 1. The Bertz CT molecular complexity index is 275. The van der Waals surface area contributed by atoms with E-state index in [1.807, 2.05) is 24.4 Å². The predicted molar refractivity (Wildman–Crippen MR) is 71.1 cm³/mol. The first-order chi connectivity index (χ1) is 8.29. The standard InChI is InChI=1S/C14H24N2O/c1-13(2)15-9-5-6-11-17-12-8-14-7-3-4-10-16-14/h3-4,7,10,13,15H,5-6,8-9,11-12H2,1-2H3. The summed E-state index contributed by atoms with van der Waals surface area (Å²) in [6.07, 6.45) is 5.04. The molecule has 17 heavy (non-hydrogen) atoms. The summed E-state index contributed by atoms with van der Waals surface area (Å²) < 4.78 is 5.58. The second kappa shape index (κ2) is 9.14. The van der Waals surface area contributed by atoms with Gasteiger partial charge in [-0.25, -0.2) is 0 Å². The Morgan fingerprint density at radius 1 is 1.24 bits per heavy atom. The third-order valence-corrected chi connectivity index (χ3v) is 2.50. The molecule has 0 bridgehead atoms. The van der Waals surface area contributed by atoms with Crippen molar-refractivity contribution < 1.29 is 4.74 Å². The van der Waals surface area contributed by atoms with Crippen LogP contribution in [-0.2, 0) is 11.2 Å². The predicted octanol–water partition coefficient (Wildman–Crippen LogP) is 2.42. The Balaban J connectivity index is 1.88. The van der Waals surface area contributed by atoms with Crippen molar-refractivity contribution in [1.29, 1.82) is 0 Å². The molecule has 0 spiro atoms. The fraction of sp³-hybridized carbons (Fsp3) is 0.643. The molecular weight excluding hydrogens is 212 g/mol. The maximum atomic E-state index is 5.58.